The molecule has 0 atom stereocenters. The molecule has 2 aromatic heterocycles. The van der Waals surface area contributed by atoms with Crippen molar-refractivity contribution in [1.82, 2.24) is 24.6 Å². The average molecular weight is 406 g/mol. The van der Waals surface area contributed by atoms with Crippen molar-refractivity contribution in [3.8, 4) is 11.5 Å². The number of aryl methyl sites for hydroxylation is 2. The maximum Gasteiger partial charge on any atom is 0.257 e. The van der Waals surface area contributed by atoms with Crippen molar-refractivity contribution in [2.24, 2.45) is 0 Å². The third-order valence-electron chi connectivity index (χ3n) is 5.77. The Morgan fingerprint density at radius 3 is 2.47 bits per heavy atom. The predicted molar refractivity (Wildman–Crippen MR) is 120 cm³/mol. The van der Waals surface area contributed by atoms with Crippen LogP contribution in [0, 0.1) is 13.8 Å². The third kappa shape index (κ3) is 4.49. The van der Waals surface area contributed by atoms with E-state index in [1.54, 1.807) is 0 Å². The van der Waals surface area contributed by atoms with Crippen LogP contribution < -0.4 is 5.32 Å². The second kappa shape index (κ2) is 9.30. The van der Waals surface area contributed by atoms with Crippen LogP contribution in [0.5, 0.6) is 0 Å². The van der Waals surface area contributed by atoms with Gasteiger partial charge in [0, 0.05) is 25.5 Å². The number of hydrogen-bond donors (Lipinski definition) is 1. The van der Waals surface area contributed by atoms with Gasteiger partial charge in [-0.2, -0.15) is 5.10 Å². The zero-order chi connectivity index (χ0) is 20.9. The topological polar surface area (TPSA) is 55.1 Å². The number of amides is 1. The standard InChI is InChI=1S/C24H31N5O/c1-19-10-9-11-21(18-19)29-24(28-15-7-8-16-28)22(20(2)26-29)23(30)25-12-17-27-13-5-3-4-6-14-27/h7-11,15-16,18H,3-6,12-14,17H2,1-2H3,(H,25,30). The largest absolute Gasteiger partial charge is 0.351 e. The third-order valence-corrected chi connectivity index (χ3v) is 5.77. The first kappa shape index (κ1) is 20.4. The van der Waals surface area contributed by atoms with Gasteiger partial charge >= 0.3 is 0 Å². The predicted octanol–water partition coefficient (Wildman–Crippen LogP) is 3.89. The lowest BCUT2D eigenvalue weighted by molar-refractivity contribution is 0.0948. The average Bonchev–Trinajstić information content (AvgIpc) is 3.29. The number of likely N-dealkylation sites (tertiary alicyclic amines) is 1. The number of aromatic nitrogens is 3. The van der Waals surface area contributed by atoms with Crippen molar-refractivity contribution in [3.05, 3.63) is 65.6 Å². The van der Waals surface area contributed by atoms with Crippen molar-refractivity contribution < 1.29 is 4.79 Å². The van der Waals surface area contributed by atoms with Gasteiger partial charge in [-0.3, -0.25) is 4.79 Å². The first-order valence-electron chi connectivity index (χ1n) is 10.9. The Morgan fingerprint density at radius 2 is 1.77 bits per heavy atom. The number of nitrogens with one attached hydrogen (secondary N) is 1. The molecule has 1 aromatic carbocycles. The zero-order valence-electron chi connectivity index (χ0n) is 18.0. The number of nitrogens with zero attached hydrogens (tertiary/aromatic N) is 4. The van der Waals surface area contributed by atoms with Gasteiger partial charge in [-0.05, 0) is 69.6 Å². The quantitative estimate of drug-likeness (QED) is 0.677. The molecule has 1 amide bonds. The van der Waals surface area contributed by atoms with E-state index in [9.17, 15) is 4.79 Å². The summed E-state index contributed by atoms with van der Waals surface area (Å²) in [6.07, 6.45) is 9.07. The molecule has 0 unspecified atom stereocenters. The Labute approximate surface area is 178 Å². The lowest BCUT2D eigenvalue weighted by Gasteiger charge is -2.19. The van der Waals surface area contributed by atoms with Crippen LogP contribution in [0.2, 0.25) is 0 Å². The van der Waals surface area contributed by atoms with E-state index in [4.69, 9.17) is 5.10 Å². The molecule has 3 heterocycles. The molecule has 158 valence electrons. The lowest BCUT2D eigenvalue weighted by Crippen LogP contribution is -2.35. The van der Waals surface area contributed by atoms with Gasteiger partial charge in [0.05, 0.1) is 11.4 Å². The minimum Gasteiger partial charge on any atom is -0.351 e. The summed E-state index contributed by atoms with van der Waals surface area (Å²) in [5.41, 5.74) is 3.46. The minimum absolute atomic E-state index is 0.0649. The van der Waals surface area contributed by atoms with Gasteiger partial charge in [-0.15, -0.1) is 0 Å². The van der Waals surface area contributed by atoms with Crippen molar-refractivity contribution in [3.63, 3.8) is 0 Å². The van der Waals surface area contributed by atoms with Gasteiger partial charge in [-0.1, -0.05) is 25.0 Å². The summed E-state index contributed by atoms with van der Waals surface area (Å²) < 4.78 is 3.83. The van der Waals surface area contributed by atoms with Crippen LogP contribution in [0.3, 0.4) is 0 Å². The fraction of sp³-hybridized carbons (Fsp3) is 0.417. The van der Waals surface area contributed by atoms with Crippen LogP contribution in [0.25, 0.3) is 11.5 Å². The molecule has 0 aliphatic carbocycles. The molecule has 3 aromatic rings. The van der Waals surface area contributed by atoms with E-state index >= 15 is 0 Å². The van der Waals surface area contributed by atoms with E-state index in [1.165, 1.54) is 25.7 Å². The highest BCUT2D eigenvalue weighted by Crippen LogP contribution is 2.23. The van der Waals surface area contributed by atoms with Crippen LogP contribution in [0.15, 0.2) is 48.8 Å². The van der Waals surface area contributed by atoms with Crippen molar-refractivity contribution in [1.29, 1.82) is 0 Å². The summed E-state index contributed by atoms with van der Waals surface area (Å²) in [6.45, 7) is 7.78. The number of rotatable bonds is 6. The first-order valence-corrected chi connectivity index (χ1v) is 10.9. The molecule has 0 radical (unpaired) electrons. The minimum atomic E-state index is -0.0649. The molecule has 6 heteroatoms. The summed E-state index contributed by atoms with van der Waals surface area (Å²) >= 11 is 0. The SMILES string of the molecule is Cc1cccc(-n2nc(C)c(C(=O)NCCN3CCCCCC3)c2-n2cccc2)c1. The first-order chi connectivity index (χ1) is 14.6. The van der Waals surface area contributed by atoms with E-state index in [1.807, 2.05) is 52.8 Å². The van der Waals surface area contributed by atoms with Gasteiger partial charge in [-0.25, -0.2) is 4.68 Å². The Bertz CT molecular complexity index is 981. The van der Waals surface area contributed by atoms with Gasteiger partial charge < -0.3 is 14.8 Å². The molecule has 1 saturated heterocycles. The zero-order valence-corrected chi connectivity index (χ0v) is 18.0. The highest BCUT2D eigenvalue weighted by molar-refractivity contribution is 5.98. The van der Waals surface area contributed by atoms with Crippen molar-refractivity contribution in [2.45, 2.75) is 39.5 Å². The van der Waals surface area contributed by atoms with Gasteiger partial charge in [0.15, 0.2) is 5.82 Å². The second-order valence-electron chi connectivity index (χ2n) is 8.14. The molecular weight excluding hydrogens is 374 g/mol. The second-order valence-corrected chi connectivity index (χ2v) is 8.14. The molecule has 0 bridgehead atoms. The van der Waals surface area contributed by atoms with Crippen LogP contribution in [0.1, 0.15) is 47.3 Å². The van der Waals surface area contributed by atoms with Crippen LogP contribution in [-0.4, -0.2) is 51.3 Å². The molecular formula is C24H31N5O. The highest BCUT2D eigenvalue weighted by Gasteiger charge is 2.23. The Hall–Kier alpha value is -2.86. The smallest absolute Gasteiger partial charge is 0.257 e. The summed E-state index contributed by atoms with van der Waals surface area (Å²) in [4.78, 5) is 15.7. The van der Waals surface area contributed by atoms with E-state index in [-0.39, 0.29) is 5.91 Å². The highest BCUT2D eigenvalue weighted by atomic mass is 16.1. The lowest BCUT2D eigenvalue weighted by atomic mass is 10.2. The van der Waals surface area contributed by atoms with Gasteiger partial charge in [0.2, 0.25) is 0 Å². The normalized spacial score (nSPS) is 15.1. The Kier molecular flexibility index (Phi) is 6.33. The summed E-state index contributed by atoms with van der Waals surface area (Å²) in [7, 11) is 0. The van der Waals surface area contributed by atoms with E-state index in [0.717, 1.165) is 42.4 Å². The van der Waals surface area contributed by atoms with Crippen LogP contribution in [0.4, 0.5) is 0 Å². The van der Waals surface area contributed by atoms with Gasteiger partial charge in [0.1, 0.15) is 5.56 Å². The Balaban J connectivity index is 1.58. The maximum absolute atomic E-state index is 13.2. The van der Waals surface area contributed by atoms with E-state index < -0.39 is 0 Å². The van der Waals surface area contributed by atoms with Crippen LogP contribution >= 0.6 is 0 Å². The molecule has 0 saturated carbocycles. The fourth-order valence-corrected chi connectivity index (χ4v) is 4.21. The molecule has 4 rings (SSSR count). The summed E-state index contributed by atoms with van der Waals surface area (Å²) in [5, 5.41) is 7.87. The number of carbonyl (C=O) groups is 1. The van der Waals surface area contributed by atoms with Crippen LogP contribution in [-0.2, 0) is 0 Å². The van der Waals surface area contributed by atoms with Gasteiger partial charge in [0.25, 0.3) is 5.91 Å². The summed E-state index contributed by atoms with van der Waals surface area (Å²) in [6, 6.07) is 12.1. The number of benzene rings is 1. The molecule has 0 spiro atoms. The molecule has 1 aliphatic rings. The molecule has 1 aliphatic heterocycles. The monoisotopic (exact) mass is 405 g/mol. The van der Waals surface area contributed by atoms with E-state index in [0.29, 0.717) is 12.1 Å². The fourth-order valence-electron chi connectivity index (χ4n) is 4.21. The van der Waals surface area contributed by atoms with Crippen molar-refractivity contribution >= 4 is 5.91 Å². The van der Waals surface area contributed by atoms with E-state index in [2.05, 4.69) is 29.3 Å². The van der Waals surface area contributed by atoms with Crippen molar-refractivity contribution in [2.75, 3.05) is 26.2 Å². The molecule has 6 nitrogen and oxygen atoms in total. The number of hydrogen-bond acceptors (Lipinski definition) is 3. The molecule has 1 N–H and O–H groups in total. The maximum atomic E-state index is 13.2. The Morgan fingerprint density at radius 1 is 1.03 bits per heavy atom. The molecule has 1 fully saturated rings. The summed E-state index contributed by atoms with van der Waals surface area (Å²) in [5.74, 6) is 0.709. The molecule has 30 heavy (non-hydrogen) atoms. The number of carbonyl (C=O) groups excluding carboxylic acids is 1.